The van der Waals surface area contributed by atoms with Gasteiger partial charge < -0.3 is 9.15 Å². The molecule has 0 N–H and O–H groups in total. The number of ether oxygens (including phenoxy) is 1. The highest BCUT2D eigenvalue weighted by molar-refractivity contribution is 5.80. The van der Waals surface area contributed by atoms with Gasteiger partial charge in [0, 0.05) is 20.0 Å². The summed E-state index contributed by atoms with van der Waals surface area (Å²) in [6.45, 7) is 0.497. The fraction of sp³-hybridized carbons (Fsp3) is 0.444. The topological polar surface area (TPSA) is 39.4 Å². The standard InChI is InChI=1S/C9H12O3/c1-11-4-3-9(10)6-8-2-5-12-7-8/h2,5,7H,3-4,6H2,1H3. The van der Waals surface area contributed by atoms with Gasteiger partial charge in [0.2, 0.25) is 0 Å². The summed E-state index contributed by atoms with van der Waals surface area (Å²) in [5.41, 5.74) is 0.927. The molecule has 0 aliphatic heterocycles. The van der Waals surface area contributed by atoms with Crippen molar-refractivity contribution in [2.45, 2.75) is 12.8 Å². The van der Waals surface area contributed by atoms with E-state index in [9.17, 15) is 4.79 Å². The van der Waals surface area contributed by atoms with E-state index in [1.165, 1.54) is 0 Å². The Kier molecular flexibility index (Phi) is 3.54. The van der Waals surface area contributed by atoms with Crippen molar-refractivity contribution >= 4 is 5.78 Å². The van der Waals surface area contributed by atoms with Crippen molar-refractivity contribution in [2.24, 2.45) is 0 Å². The molecule has 0 radical (unpaired) electrons. The van der Waals surface area contributed by atoms with Gasteiger partial charge in [0.05, 0.1) is 19.1 Å². The van der Waals surface area contributed by atoms with E-state index in [4.69, 9.17) is 9.15 Å². The molecule has 0 saturated carbocycles. The summed E-state index contributed by atoms with van der Waals surface area (Å²) < 4.78 is 9.62. The fourth-order valence-electron chi connectivity index (χ4n) is 0.925. The van der Waals surface area contributed by atoms with Crippen molar-refractivity contribution in [3.8, 4) is 0 Å². The first-order valence-electron chi connectivity index (χ1n) is 3.84. The summed E-state index contributed by atoms with van der Waals surface area (Å²) in [7, 11) is 1.59. The van der Waals surface area contributed by atoms with E-state index in [1.807, 2.05) is 0 Å². The Morgan fingerprint density at radius 2 is 2.50 bits per heavy atom. The van der Waals surface area contributed by atoms with Gasteiger partial charge in [0.25, 0.3) is 0 Å². The average molecular weight is 168 g/mol. The Morgan fingerprint density at radius 1 is 1.67 bits per heavy atom. The van der Waals surface area contributed by atoms with Crippen molar-refractivity contribution in [3.63, 3.8) is 0 Å². The first-order valence-corrected chi connectivity index (χ1v) is 3.84. The Balaban J connectivity index is 2.27. The third-order valence-electron chi connectivity index (χ3n) is 1.57. The third-order valence-corrected chi connectivity index (χ3v) is 1.57. The minimum absolute atomic E-state index is 0.179. The second-order valence-corrected chi connectivity index (χ2v) is 2.59. The Bertz CT molecular complexity index is 226. The molecule has 0 fully saturated rings. The summed E-state index contributed by atoms with van der Waals surface area (Å²) >= 11 is 0. The summed E-state index contributed by atoms with van der Waals surface area (Å²) in [6, 6.07) is 1.80. The molecule has 0 aliphatic carbocycles. The van der Waals surface area contributed by atoms with Crippen LogP contribution in [0.15, 0.2) is 23.0 Å². The molecule has 1 rings (SSSR count). The van der Waals surface area contributed by atoms with Crippen LogP contribution in [-0.4, -0.2) is 19.5 Å². The van der Waals surface area contributed by atoms with E-state index in [-0.39, 0.29) is 5.78 Å². The molecule has 1 heterocycles. The van der Waals surface area contributed by atoms with Gasteiger partial charge in [-0.15, -0.1) is 0 Å². The zero-order valence-electron chi connectivity index (χ0n) is 7.08. The van der Waals surface area contributed by atoms with E-state index < -0.39 is 0 Å². The number of hydrogen-bond acceptors (Lipinski definition) is 3. The van der Waals surface area contributed by atoms with Crippen LogP contribution < -0.4 is 0 Å². The van der Waals surface area contributed by atoms with Crippen LogP contribution in [0.2, 0.25) is 0 Å². The van der Waals surface area contributed by atoms with Crippen LogP contribution in [0.4, 0.5) is 0 Å². The molecule has 3 nitrogen and oxygen atoms in total. The van der Waals surface area contributed by atoms with Crippen molar-refractivity contribution < 1.29 is 13.9 Å². The van der Waals surface area contributed by atoms with Crippen LogP contribution in [0.3, 0.4) is 0 Å². The maximum atomic E-state index is 11.1. The van der Waals surface area contributed by atoms with E-state index in [0.717, 1.165) is 5.56 Å². The van der Waals surface area contributed by atoms with Crippen molar-refractivity contribution in [2.75, 3.05) is 13.7 Å². The second kappa shape index (κ2) is 4.72. The number of methoxy groups -OCH3 is 1. The third kappa shape index (κ3) is 2.88. The largest absolute Gasteiger partial charge is 0.472 e. The predicted molar refractivity (Wildman–Crippen MR) is 43.9 cm³/mol. The van der Waals surface area contributed by atoms with Gasteiger partial charge in [-0.25, -0.2) is 0 Å². The van der Waals surface area contributed by atoms with Crippen LogP contribution in [0.5, 0.6) is 0 Å². The number of carbonyl (C=O) groups excluding carboxylic acids is 1. The van der Waals surface area contributed by atoms with Crippen molar-refractivity contribution in [1.82, 2.24) is 0 Å². The molecule has 0 aromatic carbocycles. The lowest BCUT2D eigenvalue weighted by atomic mass is 10.1. The zero-order chi connectivity index (χ0) is 8.81. The average Bonchev–Trinajstić information content (AvgIpc) is 2.53. The molecule has 1 aromatic rings. The van der Waals surface area contributed by atoms with Gasteiger partial charge >= 0.3 is 0 Å². The molecule has 0 atom stereocenters. The molecule has 0 unspecified atom stereocenters. The van der Waals surface area contributed by atoms with Crippen molar-refractivity contribution in [1.29, 1.82) is 0 Å². The Labute approximate surface area is 71.3 Å². The molecule has 0 spiro atoms. The Hall–Kier alpha value is -1.09. The first kappa shape index (κ1) is 9.00. The van der Waals surface area contributed by atoms with E-state index in [1.54, 1.807) is 25.7 Å². The lowest BCUT2D eigenvalue weighted by molar-refractivity contribution is -0.119. The lowest BCUT2D eigenvalue weighted by Crippen LogP contribution is -2.05. The van der Waals surface area contributed by atoms with Gasteiger partial charge in [-0.2, -0.15) is 0 Å². The van der Waals surface area contributed by atoms with Gasteiger partial charge in [0.15, 0.2) is 0 Å². The highest BCUT2D eigenvalue weighted by atomic mass is 16.5. The maximum Gasteiger partial charge on any atom is 0.139 e. The lowest BCUT2D eigenvalue weighted by Gasteiger charge is -1.96. The molecule has 0 bridgehead atoms. The molecule has 66 valence electrons. The highest BCUT2D eigenvalue weighted by Gasteiger charge is 2.03. The number of ketones is 1. The van der Waals surface area contributed by atoms with E-state index in [0.29, 0.717) is 19.4 Å². The molecule has 12 heavy (non-hydrogen) atoms. The van der Waals surface area contributed by atoms with Crippen LogP contribution in [0, 0.1) is 0 Å². The van der Waals surface area contributed by atoms with Gasteiger partial charge in [-0.1, -0.05) is 0 Å². The molecule has 0 saturated heterocycles. The molecule has 1 aromatic heterocycles. The smallest absolute Gasteiger partial charge is 0.139 e. The van der Waals surface area contributed by atoms with Crippen molar-refractivity contribution in [3.05, 3.63) is 24.2 Å². The minimum Gasteiger partial charge on any atom is -0.472 e. The quantitative estimate of drug-likeness (QED) is 0.667. The number of carbonyl (C=O) groups is 1. The summed E-state index contributed by atoms with van der Waals surface area (Å²) in [5, 5.41) is 0. The van der Waals surface area contributed by atoms with Gasteiger partial charge in [-0.3, -0.25) is 4.79 Å². The normalized spacial score (nSPS) is 10.1. The monoisotopic (exact) mass is 168 g/mol. The molecular formula is C9H12O3. The van der Waals surface area contributed by atoms with Gasteiger partial charge in [0.1, 0.15) is 5.78 Å². The van der Waals surface area contributed by atoms with Crippen LogP contribution in [0.1, 0.15) is 12.0 Å². The minimum atomic E-state index is 0.179. The summed E-state index contributed by atoms with van der Waals surface area (Å²) in [5.74, 6) is 0.179. The predicted octanol–water partition coefficient (Wildman–Crippen LogP) is 1.43. The zero-order valence-corrected chi connectivity index (χ0v) is 7.08. The number of furan rings is 1. The van der Waals surface area contributed by atoms with E-state index in [2.05, 4.69) is 0 Å². The van der Waals surface area contributed by atoms with Crippen LogP contribution >= 0.6 is 0 Å². The molecule has 0 amide bonds. The summed E-state index contributed by atoms with van der Waals surface area (Å²) in [6.07, 6.45) is 4.07. The number of rotatable bonds is 5. The Morgan fingerprint density at radius 3 is 3.08 bits per heavy atom. The fourth-order valence-corrected chi connectivity index (χ4v) is 0.925. The number of Topliss-reactive ketones (excluding diaryl/α,β-unsaturated/α-hetero) is 1. The van der Waals surface area contributed by atoms with Crippen LogP contribution in [-0.2, 0) is 16.0 Å². The SMILES string of the molecule is COCCC(=O)Cc1ccoc1. The van der Waals surface area contributed by atoms with Crippen LogP contribution in [0.25, 0.3) is 0 Å². The summed E-state index contributed by atoms with van der Waals surface area (Å²) in [4.78, 5) is 11.1. The molecular weight excluding hydrogens is 156 g/mol. The highest BCUT2D eigenvalue weighted by Crippen LogP contribution is 2.02. The number of hydrogen-bond donors (Lipinski definition) is 0. The second-order valence-electron chi connectivity index (χ2n) is 2.59. The van der Waals surface area contributed by atoms with E-state index >= 15 is 0 Å². The molecule has 3 heteroatoms. The first-order chi connectivity index (χ1) is 5.83. The van der Waals surface area contributed by atoms with Gasteiger partial charge in [-0.05, 0) is 11.6 Å². The maximum absolute atomic E-state index is 11.1. The molecule has 0 aliphatic rings.